The summed E-state index contributed by atoms with van der Waals surface area (Å²) >= 11 is 0. The van der Waals surface area contributed by atoms with Crippen LogP contribution in [0.3, 0.4) is 0 Å². The number of carbonyl (C=O) groups excluding carboxylic acids is 1. The van der Waals surface area contributed by atoms with E-state index in [9.17, 15) is 9.59 Å². The minimum atomic E-state index is -0.774. The van der Waals surface area contributed by atoms with Crippen LogP contribution in [0.25, 0.3) is 0 Å². The summed E-state index contributed by atoms with van der Waals surface area (Å²) in [6.07, 6.45) is 5.27. The number of hydrogen-bond donors (Lipinski definition) is 2. The van der Waals surface area contributed by atoms with E-state index in [0.29, 0.717) is 31.8 Å². The van der Waals surface area contributed by atoms with Crippen LogP contribution in [0.15, 0.2) is 12.4 Å². The van der Waals surface area contributed by atoms with Gasteiger partial charge in [0.15, 0.2) is 0 Å². The SMILES string of the molecule is CC(CCNC(=O)CCn1ccnn1)CCC(=O)O. The number of hydrogen-bond acceptors (Lipinski definition) is 4. The van der Waals surface area contributed by atoms with E-state index >= 15 is 0 Å². The predicted molar refractivity (Wildman–Crippen MR) is 68.3 cm³/mol. The molecule has 0 aromatic carbocycles. The topological polar surface area (TPSA) is 97.1 Å². The molecule has 0 saturated heterocycles. The molecule has 0 saturated carbocycles. The third kappa shape index (κ3) is 7.17. The van der Waals surface area contributed by atoms with E-state index in [4.69, 9.17) is 5.11 Å². The van der Waals surface area contributed by atoms with E-state index in [1.165, 1.54) is 0 Å². The molecule has 1 heterocycles. The third-order valence-electron chi connectivity index (χ3n) is 2.85. The Morgan fingerprint density at radius 3 is 2.79 bits per heavy atom. The first kappa shape index (κ1) is 15.1. The molecule has 1 amide bonds. The fraction of sp³-hybridized carbons (Fsp3) is 0.667. The number of aryl methyl sites for hydroxylation is 1. The normalized spacial score (nSPS) is 12.1. The van der Waals surface area contributed by atoms with Crippen molar-refractivity contribution in [2.24, 2.45) is 5.92 Å². The van der Waals surface area contributed by atoms with Crippen LogP contribution >= 0.6 is 0 Å². The molecule has 1 atom stereocenters. The molecule has 1 aromatic rings. The number of amides is 1. The quantitative estimate of drug-likeness (QED) is 0.686. The van der Waals surface area contributed by atoms with E-state index in [1.807, 2.05) is 6.92 Å². The van der Waals surface area contributed by atoms with Gasteiger partial charge in [-0.1, -0.05) is 12.1 Å². The van der Waals surface area contributed by atoms with Gasteiger partial charge in [0, 0.05) is 25.6 Å². The highest BCUT2D eigenvalue weighted by atomic mass is 16.4. The number of aliphatic carboxylic acids is 1. The first-order valence-electron chi connectivity index (χ1n) is 6.40. The monoisotopic (exact) mass is 268 g/mol. The van der Waals surface area contributed by atoms with Crippen LogP contribution in [-0.2, 0) is 16.1 Å². The van der Waals surface area contributed by atoms with Crippen molar-refractivity contribution in [1.82, 2.24) is 20.3 Å². The molecule has 7 nitrogen and oxygen atoms in total. The molecule has 0 radical (unpaired) electrons. The number of aromatic nitrogens is 3. The minimum Gasteiger partial charge on any atom is -0.481 e. The predicted octanol–water partition coefficient (Wildman–Crippen LogP) is 0.675. The van der Waals surface area contributed by atoms with Crippen LogP contribution in [0, 0.1) is 5.92 Å². The Kier molecular flexibility index (Phi) is 6.56. The van der Waals surface area contributed by atoms with Gasteiger partial charge < -0.3 is 10.4 Å². The molecule has 7 heteroatoms. The summed E-state index contributed by atoms with van der Waals surface area (Å²) < 4.78 is 1.61. The van der Waals surface area contributed by atoms with Crippen LogP contribution in [0.5, 0.6) is 0 Å². The molecule has 0 bridgehead atoms. The number of carbonyl (C=O) groups is 2. The van der Waals surface area contributed by atoms with Crippen molar-refractivity contribution in [1.29, 1.82) is 0 Å². The smallest absolute Gasteiger partial charge is 0.303 e. The maximum Gasteiger partial charge on any atom is 0.303 e. The summed E-state index contributed by atoms with van der Waals surface area (Å²) in [7, 11) is 0. The van der Waals surface area contributed by atoms with E-state index < -0.39 is 5.97 Å². The van der Waals surface area contributed by atoms with E-state index in [0.717, 1.165) is 6.42 Å². The summed E-state index contributed by atoms with van der Waals surface area (Å²) in [5, 5.41) is 18.8. The lowest BCUT2D eigenvalue weighted by Crippen LogP contribution is -2.26. The summed E-state index contributed by atoms with van der Waals surface area (Å²) in [6, 6.07) is 0. The third-order valence-corrected chi connectivity index (χ3v) is 2.85. The standard InChI is InChI=1S/C12H20N4O3/c1-10(2-3-12(18)19)4-6-13-11(17)5-8-16-9-7-14-15-16/h7,9-10H,2-6,8H2,1H3,(H,13,17)(H,18,19). The van der Waals surface area contributed by atoms with Gasteiger partial charge in [-0.05, 0) is 18.8 Å². The maximum atomic E-state index is 11.5. The number of carboxylic acid groups (broad SMARTS) is 1. The molecule has 0 aliphatic carbocycles. The van der Waals surface area contributed by atoms with E-state index in [1.54, 1.807) is 17.1 Å². The summed E-state index contributed by atoms with van der Waals surface area (Å²) in [6.45, 7) is 3.09. The summed E-state index contributed by atoms with van der Waals surface area (Å²) in [5.41, 5.74) is 0. The van der Waals surface area contributed by atoms with Crippen molar-refractivity contribution < 1.29 is 14.7 Å². The van der Waals surface area contributed by atoms with Crippen LogP contribution in [0.1, 0.15) is 32.6 Å². The highest BCUT2D eigenvalue weighted by Gasteiger charge is 2.07. The lowest BCUT2D eigenvalue weighted by Gasteiger charge is -2.10. The first-order valence-corrected chi connectivity index (χ1v) is 6.40. The molecule has 19 heavy (non-hydrogen) atoms. The first-order chi connectivity index (χ1) is 9.08. The van der Waals surface area contributed by atoms with Gasteiger partial charge in [0.25, 0.3) is 0 Å². The molecule has 2 N–H and O–H groups in total. The second kappa shape index (κ2) is 8.23. The van der Waals surface area contributed by atoms with Gasteiger partial charge in [-0.15, -0.1) is 5.10 Å². The van der Waals surface area contributed by atoms with Crippen LogP contribution in [-0.4, -0.2) is 38.5 Å². The van der Waals surface area contributed by atoms with Gasteiger partial charge in [-0.3, -0.25) is 14.3 Å². The molecule has 1 unspecified atom stereocenters. The molecular formula is C12H20N4O3. The van der Waals surface area contributed by atoms with Gasteiger partial charge in [0.1, 0.15) is 0 Å². The van der Waals surface area contributed by atoms with Crippen molar-refractivity contribution in [3.05, 3.63) is 12.4 Å². The van der Waals surface area contributed by atoms with Crippen LogP contribution < -0.4 is 5.32 Å². The van der Waals surface area contributed by atoms with Crippen molar-refractivity contribution in [3.8, 4) is 0 Å². The van der Waals surface area contributed by atoms with Gasteiger partial charge >= 0.3 is 5.97 Å². The number of nitrogens with one attached hydrogen (secondary N) is 1. The number of nitrogens with zero attached hydrogens (tertiary/aromatic N) is 3. The zero-order valence-electron chi connectivity index (χ0n) is 11.1. The molecule has 0 fully saturated rings. The van der Waals surface area contributed by atoms with Gasteiger partial charge in [0.05, 0.1) is 12.7 Å². The minimum absolute atomic E-state index is 0.0269. The lowest BCUT2D eigenvalue weighted by atomic mass is 10.0. The zero-order chi connectivity index (χ0) is 14.1. The summed E-state index contributed by atoms with van der Waals surface area (Å²) in [4.78, 5) is 21.9. The Morgan fingerprint density at radius 2 is 2.16 bits per heavy atom. The Morgan fingerprint density at radius 1 is 1.37 bits per heavy atom. The van der Waals surface area contributed by atoms with E-state index in [-0.39, 0.29) is 12.3 Å². The zero-order valence-corrected chi connectivity index (χ0v) is 11.1. The highest BCUT2D eigenvalue weighted by Crippen LogP contribution is 2.09. The lowest BCUT2D eigenvalue weighted by molar-refractivity contribution is -0.137. The Bertz CT molecular complexity index is 392. The second-order valence-electron chi connectivity index (χ2n) is 4.59. The van der Waals surface area contributed by atoms with Crippen molar-refractivity contribution in [3.63, 3.8) is 0 Å². The highest BCUT2D eigenvalue weighted by molar-refractivity contribution is 5.75. The van der Waals surface area contributed by atoms with Gasteiger partial charge in [-0.2, -0.15) is 0 Å². The average Bonchev–Trinajstić information content (AvgIpc) is 2.87. The van der Waals surface area contributed by atoms with Crippen molar-refractivity contribution in [2.45, 2.75) is 39.2 Å². The van der Waals surface area contributed by atoms with Crippen molar-refractivity contribution >= 4 is 11.9 Å². The second-order valence-corrected chi connectivity index (χ2v) is 4.59. The summed E-state index contributed by atoms with van der Waals surface area (Å²) in [5.74, 6) is -0.503. The fourth-order valence-electron chi connectivity index (χ4n) is 1.63. The molecule has 0 aliphatic rings. The molecule has 0 aliphatic heterocycles. The Balaban J connectivity index is 2.05. The fourth-order valence-corrected chi connectivity index (χ4v) is 1.63. The van der Waals surface area contributed by atoms with Gasteiger partial charge in [-0.25, -0.2) is 0 Å². The maximum absolute atomic E-state index is 11.5. The largest absolute Gasteiger partial charge is 0.481 e. The molecular weight excluding hydrogens is 248 g/mol. The van der Waals surface area contributed by atoms with E-state index in [2.05, 4.69) is 15.6 Å². The Hall–Kier alpha value is -1.92. The molecule has 1 aromatic heterocycles. The van der Waals surface area contributed by atoms with Crippen LogP contribution in [0.2, 0.25) is 0 Å². The Labute approximate surface area is 112 Å². The number of carboxylic acids is 1. The number of rotatable bonds is 9. The van der Waals surface area contributed by atoms with Crippen LogP contribution in [0.4, 0.5) is 0 Å². The average molecular weight is 268 g/mol. The van der Waals surface area contributed by atoms with Gasteiger partial charge in [0.2, 0.25) is 5.91 Å². The molecule has 1 rings (SSSR count). The molecule has 106 valence electrons. The van der Waals surface area contributed by atoms with Crippen molar-refractivity contribution in [2.75, 3.05) is 6.54 Å². The molecule has 0 spiro atoms.